The first-order valence-electron chi connectivity index (χ1n) is 3.15. The van der Waals surface area contributed by atoms with E-state index >= 15 is 0 Å². The van der Waals surface area contributed by atoms with Gasteiger partial charge in [0.2, 0.25) is 6.10 Å². The lowest BCUT2D eigenvalue weighted by Gasteiger charge is -2.20. The Morgan fingerprint density at radius 1 is 1.69 bits per heavy atom. The summed E-state index contributed by atoms with van der Waals surface area (Å²) in [6.45, 7) is 0. The molecule has 0 aromatic heterocycles. The normalized spacial score (nSPS) is 26.3. The molecule has 0 radical (unpaired) electrons. The number of nitrogens with zero attached hydrogens (tertiary/aromatic N) is 1. The van der Waals surface area contributed by atoms with Crippen LogP contribution in [0.25, 0.3) is 0 Å². The van der Waals surface area contributed by atoms with Gasteiger partial charge in [0, 0.05) is 16.6 Å². The average molecular weight is 256 g/mol. The number of hydrogen-bond donors (Lipinski definition) is 1. The van der Waals surface area contributed by atoms with E-state index in [2.05, 4.69) is 15.9 Å². The van der Waals surface area contributed by atoms with Gasteiger partial charge in [-0.2, -0.15) is 8.78 Å². The Bertz CT molecular complexity index is 313. The van der Waals surface area contributed by atoms with Gasteiger partial charge in [-0.15, -0.1) is 0 Å². The lowest BCUT2D eigenvalue weighted by atomic mass is 10.0. The van der Waals surface area contributed by atoms with Gasteiger partial charge in [-0.25, -0.2) is 0 Å². The van der Waals surface area contributed by atoms with Crippen molar-refractivity contribution in [2.45, 2.75) is 12.0 Å². The summed E-state index contributed by atoms with van der Waals surface area (Å²) in [6, 6.07) is 0. The molecule has 0 saturated heterocycles. The molecular weight excluding hydrogens is 252 g/mol. The number of rotatable bonds is 1. The van der Waals surface area contributed by atoms with Crippen molar-refractivity contribution in [1.29, 1.82) is 0 Å². The molecule has 13 heavy (non-hydrogen) atoms. The van der Waals surface area contributed by atoms with Crippen molar-refractivity contribution in [2.24, 2.45) is 0 Å². The van der Waals surface area contributed by atoms with Crippen molar-refractivity contribution < 1.29 is 18.8 Å². The zero-order chi connectivity index (χ0) is 10.2. The van der Waals surface area contributed by atoms with Crippen molar-refractivity contribution in [3.8, 4) is 0 Å². The summed E-state index contributed by atoms with van der Waals surface area (Å²) < 4.78 is 25.4. The first kappa shape index (κ1) is 10.3. The summed E-state index contributed by atoms with van der Waals surface area (Å²) in [5.74, 6) is -3.60. The third-order valence-electron chi connectivity index (χ3n) is 1.47. The van der Waals surface area contributed by atoms with Crippen LogP contribution >= 0.6 is 15.9 Å². The van der Waals surface area contributed by atoms with Crippen molar-refractivity contribution in [2.75, 3.05) is 0 Å². The summed E-state index contributed by atoms with van der Waals surface area (Å²) in [7, 11) is 0. The van der Waals surface area contributed by atoms with Gasteiger partial charge < -0.3 is 5.11 Å². The second-order valence-corrected chi connectivity index (χ2v) is 3.35. The molecule has 72 valence electrons. The Labute approximate surface area is 79.8 Å². The lowest BCUT2D eigenvalue weighted by molar-refractivity contribution is -0.441. The van der Waals surface area contributed by atoms with Crippen LogP contribution in [0.3, 0.4) is 0 Å². The fraction of sp³-hybridized carbons (Fsp3) is 0.333. The fourth-order valence-electron chi connectivity index (χ4n) is 0.874. The topological polar surface area (TPSA) is 63.4 Å². The van der Waals surface area contributed by atoms with Gasteiger partial charge in [-0.1, -0.05) is 15.9 Å². The Morgan fingerprint density at radius 3 is 2.69 bits per heavy atom. The Kier molecular flexibility index (Phi) is 2.49. The largest absolute Gasteiger partial charge is 0.377 e. The molecule has 0 aliphatic heterocycles. The van der Waals surface area contributed by atoms with Crippen LogP contribution in [0.15, 0.2) is 22.3 Å². The van der Waals surface area contributed by atoms with Crippen molar-refractivity contribution in [1.82, 2.24) is 0 Å². The first-order valence-corrected chi connectivity index (χ1v) is 3.94. The molecule has 1 aliphatic carbocycles. The van der Waals surface area contributed by atoms with E-state index in [1.807, 2.05) is 0 Å². The highest BCUT2D eigenvalue weighted by molar-refractivity contribution is 9.11. The number of allylic oxidation sites excluding steroid dienone is 2. The van der Waals surface area contributed by atoms with E-state index in [9.17, 15) is 18.9 Å². The van der Waals surface area contributed by atoms with Gasteiger partial charge in [0.25, 0.3) is 5.70 Å². The highest BCUT2D eigenvalue weighted by atomic mass is 79.9. The molecule has 4 nitrogen and oxygen atoms in total. The zero-order valence-electron chi connectivity index (χ0n) is 6.08. The maximum absolute atomic E-state index is 12.8. The molecule has 1 N–H and O–H groups in total. The van der Waals surface area contributed by atoms with Crippen molar-refractivity contribution in [3.63, 3.8) is 0 Å². The summed E-state index contributed by atoms with van der Waals surface area (Å²) in [4.78, 5) is 9.16. The van der Waals surface area contributed by atoms with Crippen LogP contribution in [0, 0.1) is 10.1 Å². The minimum Gasteiger partial charge on any atom is -0.377 e. The molecule has 0 amide bonds. The van der Waals surface area contributed by atoms with Crippen LogP contribution in [0.1, 0.15) is 0 Å². The van der Waals surface area contributed by atoms with Gasteiger partial charge >= 0.3 is 5.92 Å². The smallest absolute Gasteiger partial charge is 0.303 e. The number of hydrogen-bond acceptors (Lipinski definition) is 3. The molecule has 1 atom stereocenters. The summed E-state index contributed by atoms with van der Waals surface area (Å²) in [6.07, 6.45) is -1.11. The quantitative estimate of drug-likeness (QED) is 0.570. The van der Waals surface area contributed by atoms with Crippen LogP contribution in [0.2, 0.25) is 0 Å². The standard InChI is InChI=1S/C6H4BrF2NO3/c7-3-1-4(10(12)13)5(11)6(8,9)2-3/h1-2,5,11H. The maximum atomic E-state index is 12.8. The molecule has 0 fully saturated rings. The van der Waals surface area contributed by atoms with Gasteiger partial charge in [0.1, 0.15) is 0 Å². The Hall–Kier alpha value is -0.820. The number of aliphatic hydroxyl groups excluding tert-OH is 1. The minimum absolute atomic E-state index is 0.116. The third-order valence-corrected chi connectivity index (χ3v) is 1.93. The SMILES string of the molecule is O=[N+]([O-])C1=CC(Br)=CC(F)(F)C1O. The Balaban J connectivity index is 3.12. The van der Waals surface area contributed by atoms with Crippen LogP contribution in [-0.2, 0) is 0 Å². The molecular formula is C6H4BrF2NO3. The highest BCUT2D eigenvalue weighted by Crippen LogP contribution is 2.33. The van der Waals surface area contributed by atoms with E-state index in [1.54, 1.807) is 0 Å². The average Bonchev–Trinajstić information content (AvgIpc) is 1.95. The molecule has 7 heteroatoms. The van der Waals surface area contributed by atoms with Crippen LogP contribution < -0.4 is 0 Å². The maximum Gasteiger partial charge on any atom is 0.303 e. The second-order valence-electron chi connectivity index (χ2n) is 2.43. The molecule has 0 heterocycles. The number of aliphatic hydroxyl groups is 1. The molecule has 1 rings (SSSR count). The Morgan fingerprint density at radius 2 is 2.23 bits per heavy atom. The number of nitro groups is 1. The van der Waals surface area contributed by atoms with Crippen LogP contribution in [0.4, 0.5) is 8.78 Å². The molecule has 1 aliphatic rings. The second kappa shape index (κ2) is 3.15. The van der Waals surface area contributed by atoms with Gasteiger partial charge in [0.05, 0.1) is 4.92 Å². The predicted molar refractivity (Wildman–Crippen MR) is 43.0 cm³/mol. The van der Waals surface area contributed by atoms with Crippen LogP contribution in [0.5, 0.6) is 0 Å². The molecule has 0 saturated carbocycles. The number of halogens is 3. The van der Waals surface area contributed by atoms with E-state index < -0.39 is 22.6 Å². The van der Waals surface area contributed by atoms with E-state index in [1.165, 1.54) is 0 Å². The van der Waals surface area contributed by atoms with Crippen LogP contribution in [-0.4, -0.2) is 22.1 Å². The molecule has 0 aromatic rings. The highest BCUT2D eigenvalue weighted by Gasteiger charge is 2.46. The van der Waals surface area contributed by atoms with E-state index in [4.69, 9.17) is 5.11 Å². The number of alkyl halides is 2. The van der Waals surface area contributed by atoms with Gasteiger partial charge in [-0.05, 0) is 0 Å². The first-order chi connectivity index (χ1) is 5.84. The predicted octanol–water partition coefficient (Wildman–Crippen LogP) is 1.44. The lowest BCUT2D eigenvalue weighted by Crippen LogP contribution is -2.37. The van der Waals surface area contributed by atoms with E-state index in [0.29, 0.717) is 6.08 Å². The summed E-state index contributed by atoms with van der Waals surface area (Å²) >= 11 is 2.69. The van der Waals surface area contributed by atoms with Crippen molar-refractivity contribution in [3.05, 3.63) is 32.4 Å². The van der Waals surface area contributed by atoms with Gasteiger partial charge in [-0.3, -0.25) is 10.1 Å². The van der Waals surface area contributed by atoms with Gasteiger partial charge in [0.15, 0.2) is 0 Å². The molecule has 0 spiro atoms. The molecule has 1 unspecified atom stereocenters. The van der Waals surface area contributed by atoms with Crippen molar-refractivity contribution >= 4 is 15.9 Å². The zero-order valence-corrected chi connectivity index (χ0v) is 7.66. The van der Waals surface area contributed by atoms with E-state index in [0.717, 1.165) is 6.08 Å². The summed E-state index contributed by atoms with van der Waals surface area (Å²) in [5.41, 5.74) is -0.917. The monoisotopic (exact) mass is 255 g/mol. The minimum atomic E-state index is -3.60. The van der Waals surface area contributed by atoms with E-state index in [-0.39, 0.29) is 4.48 Å². The molecule has 0 aromatic carbocycles. The fourth-order valence-corrected chi connectivity index (χ4v) is 1.41. The summed E-state index contributed by atoms with van der Waals surface area (Å²) in [5, 5.41) is 19.1. The third kappa shape index (κ3) is 1.92. The molecule has 0 bridgehead atoms.